The Kier molecular flexibility index (Phi) is 19.6. The first-order valence-corrected chi connectivity index (χ1v) is 32.3. The first kappa shape index (κ1) is 41.0. The third kappa shape index (κ3) is 14.9. The van der Waals surface area contributed by atoms with Crippen molar-refractivity contribution in [1.82, 2.24) is 0 Å². The summed E-state index contributed by atoms with van der Waals surface area (Å²) in [6, 6.07) is 7.44. The number of nitrogens with zero attached hydrogens (tertiary/aromatic N) is 6. The van der Waals surface area contributed by atoms with E-state index in [9.17, 15) is 10.8 Å². The van der Waals surface area contributed by atoms with Crippen LogP contribution < -0.4 is 28.7 Å². The minimum absolute atomic E-state index is 0.428. The molecule has 2 fully saturated rings. The van der Waals surface area contributed by atoms with Gasteiger partial charge in [0.1, 0.15) is 0 Å². The van der Waals surface area contributed by atoms with Crippen molar-refractivity contribution >= 4 is 61.5 Å². The van der Waals surface area contributed by atoms with Crippen LogP contribution in [0.4, 0.5) is 22.7 Å². The Bertz CT molecular complexity index is 1210. The van der Waals surface area contributed by atoms with Crippen LogP contribution >= 0.6 is 38.8 Å². The second-order valence-electron chi connectivity index (χ2n) is 11.2. The molecule has 2 aliphatic rings. The molecule has 15 heteroatoms. The maximum absolute atomic E-state index is 9.20. The van der Waals surface area contributed by atoms with Crippen molar-refractivity contribution < 1.29 is 29.8 Å². The number of anilines is 2. The summed E-state index contributed by atoms with van der Waals surface area (Å²) in [6.45, 7) is 14.9. The molecule has 2 aromatic rings. The molecule has 260 valence electrons. The number of hydrogen-bond donors (Lipinski definition) is 0. The van der Waals surface area contributed by atoms with Gasteiger partial charge in [-0.2, -0.15) is 0 Å². The zero-order valence-corrected chi connectivity index (χ0v) is 34.1. The number of halogens is 4. The minimum atomic E-state index is -3.36. The Morgan fingerprint density at radius 2 is 0.830 bits per heavy atom. The van der Waals surface area contributed by atoms with E-state index in [1.807, 2.05) is 12.1 Å². The fraction of sp³-hybridized carbons (Fsp3) is 0.625. The molecule has 0 radical (unpaired) electrons. The molecule has 0 saturated carbocycles. The van der Waals surface area contributed by atoms with Gasteiger partial charge in [-0.3, -0.25) is 0 Å². The molecule has 2 aromatic carbocycles. The number of rotatable bonds is 14. The molecule has 0 spiro atoms. The standard InChI is InChI=1S/2C16H24N3O2.4ClH.Zn/c2*1-3-9-20-15-12-14(19-7-5-6-8-19)16(21-10-4-2)11-13(15)18-17;;;;;/h2*11-12H,3-10H2,1-2H3;4*1H;/q2*+1;;;;;+2/p-4. The van der Waals surface area contributed by atoms with Crippen molar-refractivity contribution in [2.24, 2.45) is 0 Å². The van der Waals surface area contributed by atoms with Crippen LogP contribution in [0.25, 0.3) is 9.95 Å². The van der Waals surface area contributed by atoms with Crippen LogP contribution in [0.1, 0.15) is 79.1 Å². The summed E-state index contributed by atoms with van der Waals surface area (Å²) in [5.41, 5.74) is 2.94. The zero-order valence-electron chi connectivity index (χ0n) is 28.2. The van der Waals surface area contributed by atoms with E-state index in [1.54, 1.807) is 12.1 Å². The van der Waals surface area contributed by atoms with Crippen LogP contribution in [0.3, 0.4) is 0 Å². The average Bonchev–Trinajstić information content (AvgIpc) is 3.79. The molecule has 2 aliphatic heterocycles. The van der Waals surface area contributed by atoms with E-state index in [0.717, 1.165) is 74.7 Å². The summed E-state index contributed by atoms with van der Waals surface area (Å²) in [4.78, 5) is 11.3. The average molecular weight is 788 g/mol. The molecule has 2 saturated heterocycles. The van der Waals surface area contributed by atoms with Crippen molar-refractivity contribution in [2.75, 3.05) is 62.4 Å². The third-order valence-corrected chi connectivity index (χ3v) is 7.04. The molecule has 2 heterocycles. The summed E-state index contributed by atoms with van der Waals surface area (Å²) in [5.74, 6) is 2.78. The van der Waals surface area contributed by atoms with Crippen LogP contribution in [0, 0.1) is 10.8 Å². The van der Waals surface area contributed by atoms with E-state index < -0.39 is 10.8 Å². The SMILES string of the molecule is CCCOc1cc(N2CCCC2)c(OCCC)cc1[N+]#N.CCCOc1cc(N2CCCC2)c(OCCC)cc1[N+]#N.[Cl][Zn-2]([Cl])([Cl])[Cl]. The molecule has 0 atom stereocenters. The number of ether oxygens (including phenoxy) is 4. The predicted molar refractivity (Wildman–Crippen MR) is 192 cm³/mol. The predicted octanol–water partition coefficient (Wildman–Crippen LogP) is 11.5. The van der Waals surface area contributed by atoms with Crippen molar-refractivity contribution in [3.8, 4) is 23.0 Å². The van der Waals surface area contributed by atoms with Gasteiger partial charge in [0.05, 0.1) is 49.9 Å². The van der Waals surface area contributed by atoms with Crippen LogP contribution in [-0.4, -0.2) is 52.6 Å². The first-order chi connectivity index (χ1) is 22.6. The first-order valence-electron chi connectivity index (χ1n) is 16.7. The summed E-state index contributed by atoms with van der Waals surface area (Å²) in [6.07, 6.45) is 8.51. The number of hydrogen-bond acceptors (Lipinski definition) is 8. The van der Waals surface area contributed by atoms with Gasteiger partial charge in [0.2, 0.25) is 22.3 Å². The second-order valence-corrected chi connectivity index (χ2v) is 38.9. The Labute approximate surface area is 299 Å². The van der Waals surface area contributed by atoms with E-state index in [1.165, 1.54) is 25.7 Å². The third-order valence-electron chi connectivity index (χ3n) is 7.04. The summed E-state index contributed by atoms with van der Waals surface area (Å²) in [7, 11) is 16.8. The molecule has 0 unspecified atom stereocenters. The second kappa shape index (κ2) is 22.5. The van der Waals surface area contributed by atoms with E-state index in [-0.39, 0.29) is 0 Å². The van der Waals surface area contributed by atoms with Gasteiger partial charge < -0.3 is 28.7 Å². The Balaban J connectivity index is 0.000000286. The fourth-order valence-corrected chi connectivity index (χ4v) is 4.95. The van der Waals surface area contributed by atoms with Gasteiger partial charge in [0.25, 0.3) is 0 Å². The normalized spacial score (nSPS) is 13.8. The van der Waals surface area contributed by atoms with Crippen molar-refractivity contribution in [2.45, 2.75) is 79.1 Å². The fourth-order valence-electron chi connectivity index (χ4n) is 4.95. The van der Waals surface area contributed by atoms with Crippen molar-refractivity contribution in [1.29, 1.82) is 10.8 Å². The number of diazo groups is 2. The molecule has 47 heavy (non-hydrogen) atoms. The topological polar surface area (TPSA) is 99.7 Å². The molecule has 0 bridgehead atoms. The maximum atomic E-state index is 9.20. The van der Waals surface area contributed by atoms with Crippen LogP contribution in [-0.2, 0) is 10.8 Å². The summed E-state index contributed by atoms with van der Waals surface area (Å²) >= 11 is 0. The molecule has 4 rings (SSSR count). The molecule has 0 amide bonds. The zero-order chi connectivity index (χ0) is 34.7. The molecule has 0 aliphatic carbocycles. The molecule has 0 N–H and O–H groups in total. The van der Waals surface area contributed by atoms with E-state index >= 15 is 0 Å². The Hall–Kier alpha value is -2.14. The van der Waals surface area contributed by atoms with E-state index in [4.69, 9.17) is 57.7 Å². The van der Waals surface area contributed by atoms with Gasteiger partial charge in [-0.05, 0) is 51.4 Å². The van der Waals surface area contributed by atoms with Gasteiger partial charge in [-0.1, -0.05) is 27.7 Å². The van der Waals surface area contributed by atoms with Crippen LogP contribution in [0.2, 0.25) is 0 Å². The monoisotopic (exact) mass is 784 g/mol. The van der Waals surface area contributed by atoms with Gasteiger partial charge in [-0.25, -0.2) is 0 Å². The van der Waals surface area contributed by atoms with Gasteiger partial charge in [0.15, 0.2) is 21.5 Å². The molecule has 0 aromatic heterocycles. The molecule has 10 nitrogen and oxygen atoms in total. The molecular weight excluding hydrogens is 740 g/mol. The Morgan fingerprint density at radius 1 is 0.553 bits per heavy atom. The van der Waals surface area contributed by atoms with E-state index in [2.05, 4.69) is 47.4 Å². The van der Waals surface area contributed by atoms with Gasteiger partial charge in [-0.15, -0.1) is 0 Å². The summed E-state index contributed by atoms with van der Waals surface area (Å²) < 4.78 is 23.1. The van der Waals surface area contributed by atoms with Crippen molar-refractivity contribution in [3.63, 3.8) is 0 Å². The van der Waals surface area contributed by atoms with Gasteiger partial charge in [0, 0.05) is 38.3 Å². The van der Waals surface area contributed by atoms with Crippen LogP contribution in [0.15, 0.2) is 24.3 Å². The number of benzene rings is 2. The molecular formula is C32H48Cl4N6O4Zn. The van der Waals surface area contributed by atoms with Gasteiger partial charge >= 0.3 is 61.0 Å². The Morgan fingerprint density at radius 3 is 1.09 bits per heavy atom. The van der Waals surface area contributed by atoms with Crippen LogP contribution in [0.5, 0.6) is 23.0 Å². The summed E-state index contributed by atoms with van der Waals surface area (Å²) in [5, 5.41) is 18.4. The quantitative estimate of drug-likeness (QED) is 0.138. The van der Waals surface area contributed by atoms with E-state index in [0.29, 0.717) is 49.3 Å². The van der Waals surface area contributed by atoms with Crippen molar-refractivity contribution in [3.05, 3.63) is 34.2 Å².